The van der Waals surface area contributed by atoms with Gasteiger partial charge in [0.05, 0.1) is 50.8 Å². The van der Waals surface area contributed by atoms with Gasteiger partial charge in [-0.3, -0.25) is 43.2 Å². The Morgan fingerprint density at radius 2 is 0.711 bits per heavy atom. The van der Waals surface area contributed by atoms with E-state index in [0.717, 1.165) is 44.9 Å². The van der Waals surface area contributed by atoms with Crippen LogP contribution < -0.4 is 10.6 Å². The second-order valence-corrected chi connectivity index (χ2v) is 27.6. The number of nitrogens with one attached hydrogen (secondary N) is 2. The maximum atomic E-state index is 12.5. The van der Waals surface area contributed by atoms with Gasteiger partial charge in [0.15, 0.2) is 11.6 Å². The molecule has 0 saturated heterocycles. The maximum absolute atomic E-state index is 12.5. The number of rotatable bonds is 57. The molecule has 0 radical (unpaired) electrons. The molecule has 0 spiro atoms. The summed E-state index contributed by atoms with van der Waals surface area (Å²) in [5.74, 6) is -7.51. The van der Waals surface area contributed by atoms with Crippen molar-refractivity contribution in [1.29, 1.82) is 0 Å². The van der Waals surface area contributed by atoms with E-state index < -0.39 is 47.4 Å². The summed E-state index contributed by atoms with van der Waals surface area (Å²) >= 11 is 0. The number of hydrogen-bond donors (Lipinski definition) is 6. The number of hydrogen-bond acceptors (Lipinski definition) is 19. The highest BCUT2D eigenvalue weighted by atomic mass is 33.1. The molecule has 83 heavy (non-hydrogen) atoms. The van der Waals surface area contributed by atoms with Crippen LogP contribution >= 0.6 is 64.8 Å². The molecule has 0 bridgehead atoms. The molecule has 3 atom stereocenters. The van der Waals surface area contributed by atoms with Gasteiger partial charge in [0.25, 0.3) is 0 Å². The topological polar surface area (TPSA) is 296 Å². The van der Waals surface area contributed by atoms with Crippen LogP contribution in [0, 0.1) is 17.8 Å². The van der Waals surface area contributed by atoms with Crippen LogP contribution in [0.2, 0.25) is 0 Å². The normalized spacial score (nSPS) is 11.7. The first kappa shape index (κ1) is 87.2. The molecule has 0 aromatic carbocycles. The maximum Gasteiger partial charge on any atom is 0.306 e. The quantitative estimate of drug-likeness (QED) is 0.0244. The number of carbonyl (C=O) groups excluding carboxylic acids is 5. The predicted molar refractivity (Wildman–Crippen MR) is 346 cm³/mol. The van der Waals surface area contributed by atoms with E-state index in [1.54, 1.807) is 71.7 Å². The molecule has 0 fully saturated rings. The smallest absolute Gasteiger partial charge is 0.306 e. The number of Topliss-reactive ketones (excluding diaryl/α,β-unsaturated/α-hetero) is 3. The van der Waals surface area contributed by atoms with Crippen LogP contribution in [0.5, 0.6) is 0 Å². The van der Waals surface area contributed by atoms with Gasteiger partial charge >= 0.3 is 23.9 Å². The first-order valence-electron chi connectivity index (χ1n) is 29.4. The number of aliphatic carboxylic acids is 4. The fraction of sp³-hybridized carbons (Fsp3) is 0.845. The minimum atomic E-state index is -1.18. The van der Waals surface area contributed by atoms with Gasteiger partial charge < -0.3 is 50.0 Å². The minimum Gasteiger partial charge on any atom is -0.481 e. The summed E-state index contributed by atoms with van der Waals surface area (Å²) in [5, 5.41) is 42.0. The van der Waals surface area contributed by atoms with Gasteiger partial charge in [0.1, 0.15) is 19.0 Å². The fourth-order valence-electron chi connectivity index (χ4n) is 7.64. The van der Waals surface area contributed by atoms with Crippen molar-refractivity contribution in [3.05, 3.63) is 0 Å². The molecule has 0 unspecified atom stereocenters. The van der Waals surface area contributed by atoms with Crippen LogP contribution in [0.1, 0.15) is 193 Å². The van der Waals surface area contributed by atoms with E-state index in [9.17, 15) is 53.4 Å². The molecule has 0 aromatic rings. The third-order valence-corrected chi connectivity index (χ3v) is 16.6. The molecular formula is C58H108N2O17S6. The lowest BCUT2D eigenvalue weighted by atomic mass is 9.94. The van der Waals surface area contributed by atoms with Crippen LogP contribution in [-0.4, -0.2) is 177 Å². The van der Waals surface area contributed by atoms with Crippen molar-refractivity contribution < 1.29 is 82.5 Å². The Labute approximate surface area is 522 Å². The Morgan fingerprint density at radius 1 is 0.349 bits per heavy atom. The molecule has 2 amide bonds. The third-order valence-electron chi connectivity index (χ3n) is 12.6. The van der Waals surface area contributed by atoms with Crippen molar-refractivity contribution >= 4 is 118 Å². The monoisotopic (exact) mass is 1300 g/mol. The highest BCUT2D eigenvalue weighted by Crippen LogP contribution is 2.18. The number of unbranched alkanes of at least 4 members (excludes halogenated alkanes) is 16. The lowest BCUT2D eigenvalue weighted by Crippen LogP contribution is -2.29. The zero-order valence-corrected chi connectivity index (χ0v) is 56.3. The van der Waals surface area contributed by atoms with E-state index in [0.29, 0.717) is 38.6 Å². The van der Waals surface area contributed by atoms with Crippen molar-refractivity contribution in [1.82, 2.24) is 10.6 Å². The lowest BCUT2D eigenvalue weighted by Gasteiger charge is -2.12. The number of amides is 2. The van der Waals surface area contributed by atoms with Gasteiger partial charge in [-0.1, -0.05) is 168 Å². The van der Waals surface area contributed by atoms with E-state index in [2.05, 4.69) is 48.2 Å². The summed E-state index contributed by atoms with van der Waals surface area (Å²) < 4.78 is 21.5. The summed E-state index contributed by atoms with van der Waals surface area (Å²) in [6, 6.07) is 0. The van der Waals surface area contributed by atoms with Gasteiger partial charge in [-0.15, -0.1) is 0 Å². The Balaban J connectivity index is -0.00000235. The first-order chi connectivity index (χ1) is 39.9. The standard InChI is InChI=1S/C52H90N2O17.3C2H6S2/c1-41(50(62)63)21-18-19-29-53-47(58)27-26-43(52(66)67)38-46(57)40-71-35-33-68-31-20-23-45(56)39-70-36-34-69-32-30-54-48(59)28-25-42(51(64)65)37-44(55)22-16-14-12-10-8-6-4-2-3-5-7-9-11-13-15-17-24-49(60)61;3*1-3-4-2/h41-43H,2-40H2,1H3,(H,53,58)(H,54,59)(H,60,61)(H,62,63)(H,64,65)(H,66,67);3*1-2H3/t41-,42+,43+;;;/m0.../s1. The zero-order chi connectivity index (χ0) is 63.0. The average Bonchev–Trinajstić information content (AvgIpc) is 3.45. The van der Waals surface area contributed by atoms with Crippen LogP contribution in [-0.2, 0) is 62.1 Å². The van der Waals surface area contributed by atoms with Gasteiger partial charge in [-0.25, -0.2) is 0 Å². The molecule has 0 rings (SSSR count). The van der Waals surface area contributed by atoms with Gasteiger partial charge in [0.2, 0.25) is 11.8 Å². The molecular weight excluding hydrogens is 1190 g/mol. The summed E-state index contributed by atoms with van der Waals surface area (Å²) in [6.45, 7) is 2.92. The van der Waals surface area contributed by atoms with Crippen LogP contribution in [0.3, 0.4) is 0 Å². The van der Waals surface area contributed by atoms with Gasteiger partial charge in [-0.05, 0) is 82.5 Å². The number of carboxylic acid groups (broad SMARTS) is 4. The largest absolute Gasteiger partial charge is 0.481 e. The Kier molecular flexibility index (Phi) is 72.4. The van der Waals surface area contributed by atoms with Crippen molar-refractivity contribution in [2.45, 2.75) is 193 Å². The third kappa shape index (κ3) is 72.2. The summed E-state index contributed by atoms with van der Waals surface area (Å²) in [4.78, 5) is 106. The molecule has 25 heteroatoms. The molecule has 488 valence electrons. The number of carboxylic acids is 4. The van der Waals surface area contributed by atoms with Crippen molar-refractivity contribution in [2.24, 2.45) is 17.8 Å². The van der Waals surface area contributed by atoms with Crippen LogP contribution in [0.15, 0.2) is 0 Å². The van der Waals surface area contributed by atoms with E-state index >= 15 is 0 Å². The fourth-order valence-corrected chi connectivity index (χ4v) is 7.64. The molecule has 19 nitrogen and oxygen atoms in total. The van der Waals surface area contributed by atoms with Gasteiger partial charge in [0, 0.05) is 64.6 Å². The van der Waals surface area contributed by atoms with Crippen molar-refractivity contribution in [3.8, 4) is 0 Å². The van der Waals surface area contributed by atoms with Crippen molar-refractivity contribution in [3.63, 3.8) is 0 Å². The minimum absolute atomic E-state index is 0.00720. The van der Waals surface area contributed by atoms with E-state index in [-0.39, 0.29) is 134 Å². The average molecular weight is 1300 g/mol. The van der Waals surface area contributed by atoms with E-state index in [1.807, 2.05) is 0 Å². The molecule has 0 aromatic heterocycles. The molecule has 0 aliphatic rings. The van der Waals surface area contributed by atoms with Crippen LogP contribution in [0.4, 0.5) is 0 Å². The van der Waals surface area contributed by atoms with E-state index in [4.69, 9.17) is 29.2 Å². The second kappa shape index (κ2) is 68.9. The molecule has 0 saturated carbocycles. The highest BCUT2D eigenvalue weighted by Gasteiger charge is 2.23. The molecule has 0 aliphatic carbocycles. The molecule has 0 aliphatic heterocycles. The van der Waals surface area contributed by atoms with E-state index in [1.165, 1.54) is 57.8 Å². The second-order valence-electron chi connectivity index (χ2n) is 19.6. The first-order valence-corrected chi connectivity index (χ1v) is 38.3. The summed E-state index contributed by atoms with van der Waals surface area (Å²) in [5.41, 5.74) is 0. The number of ether oxygens (including phenoxy) is 4. The molecule has 0 heterocycles. The predicted octanol–water partition coefficient (Wildman–Crippen LogP) is 12.4. The summed E-state index contributed by atoms with van der Waals surface area (Å²) in [7, 11) is 10.6. The van der Waals surface area contributed by atoms with Crippen LogP contribution in [0.25, 0.3) is 0 Å². The van der Waals surface area contributed by atoms with Crippen molar-refractivity contribution in [2.75, 3.05) is 103 Å². The Bertz CT molecular complexity index is 1610. The summed E-state index contributed by atoms with van der Waals surface area (Å²) in [6.07, 6.45) is 33.0. The SMILES string of the molecule is CSSC.CSSC.CSSC.C[C@@H](CCCCNC(=O)CC[C@H](CC(=O)COCCOCCCC(=O)COCCOCCNC(=O)CC[C@H](CC(=O)CCCCCCCCCCCCCCCCCCC(=O)O)C(=O)O)C(=O)O)C(=O)O. The highest BCUT2D eigenvalue weighted by molar-refractivity contribution is 8.76. The molecule has 6 N–H and O–H groups in total. The zero-order valence-electron chi connectivity index (χ0n) is 51.4. The lowest BCUT2D eigenvalue weighted by molar-refractivity contribution is -0.145. The van der Waals surface area contributed by atoms with Gasteiger partial charge in [-0.2, -0.15) is 0 Å². The Morgan fingerprint density at radius 3 is 1.12 bits per heavy atom. The number of carbonyl (C=O) groups is 9. The Hall–Kier alpha value is -2.23. The number of ketones is 3.